The fourth-order valence-corrected chi connectivity index (χ4v) is 1.63. The zero-order chi connectivity index (χ0) is 10.7. The van der Waals surface area contributed by atoms with Gasteiger partial charge in [0.2, 0.25) is 0 Å². The molecule has 74 valence electrons. The summed E-state index contributed by atoms with van der Waals surface area (Å²) in [6, 6.07) is 7.58. The van der Waals surface area contributed by atoms with E-state index in [1.165, 1.54) is 0 Å². The molecule has 0 bridgehead atoms. The number of pyridine rings is 1. The van der Waals surface area contributed by atoms with Crippen LogP contribution >= 0.6 is 24.2 Å². The van der Waals surface area contributed by atoms with Crippen molar-refractivity contribution in [2.24, 2.45) is 0 Å². The van der Waals surface area contributed by atoms with Gasteiger partial charge in [-0.15, -0.1) is 0 Å². The quantitative estimate of drug-likeness (QED) is 0.545. The summed E-state index contributed by atoms with van der Waals surface area (Å²) in [4.78, 5) is 4.24. The molecule has 0 unspecified atom stereocenters. The summed E-state index contributed by atoms with van der Waals surface area (Å²) in [6.45, 7) is 0. The summed E-state index contributed by atoms with van der Waals surface area (Å²) in [6.07, 6.45) is 1.69. The molecule has 0 spiro atoms. The van der Waals surface area contributed by atoms with Crippen LogP contribution in [-0.2, 0) is 0 Å². The molecule has 0 aliphatic rings. The molecule has 0 radical (unpaired) electrons. The normalized spacial score (nSPS) is 9.73. The molecular weight excluding hydrogens is 226 g/mol. The van der Waals surface area contributed by atoms with Crippen LogP contribution in [-0.4, -0.2) is 10.7 Å². The third-order valence-electron chi connectivity index (χ3n) is 2.00. The van der Waals surface area contributed by atoms with Gasteiger partial charge in [-0.2, -0.15) is 12.6 Å². The largest absolute Gasteiger partial charge is 0.256 e. The van der Waals surface area contributed by atoms with E-state index in [-0.39, 0.29) is 0 Å². The first-order valence-electron chi connectivity index (χ1n) is 4.45. The number of aromatic nitrogens is 1. The van der Waals surface area contributed by atoms with Crippen LogP contribution in [0.2, 0.25) is 5.02 Å². The minimum absolute atomic E-state index is 0.557. The molecule has 0 saturated heterocycles. The predicted octanol–water partition coefficient (Wildman–Crippen LogP) is 3.17. The van der Waals surface area contributed by atoms with Crippen molar-refractivity contribution < 1.29 is 0 Å². The second-order valence-electron chi connectivity index (χ2n) is 2.98. The van der Waals surface area contributed by atoms with Crippen LogP contribution in [0.3, 0.4) is 0 Å². The molecule has 0 atom stereocenters. The van der Waals surface area contributed by atoms with Crippen LogP contribution in [0.1, 0.15) is 5.56 Å². The van der Waals surface area contributed by atoms with Crippen molar-refractivity contribution in [1.82, 2.24) is 4.98 Å². The van der Waals surface area contributed by atoms with Crippen LogP contribution in [0.25, 0.3) is 10.9 Å². The van der Waals surface area contributed by atoms with Crippen LogP contribution < -0.4 is 0 Å². The Kier molecular flexibility index (Phi) is 3.15. The highest BCUT2D eigenvalue weighted by Gasteiger charge is 1.99. The third kappa shape index (κ3) is 2.26. The summed E-state index contributed by atoms with van der Waals surface area (Å²) < 4.78 is 0. The zero-order valence-electron chi connectivity index (χ0n) is 7.87. The maximum Gasteiger partial charge on any atom is 0.0729 e. The summed E-state index contributed by atoms with van der Waals surface area (Å²) in [5.41, 5.74) is 1.81. The van der Waals surface area contributed by atoms with Gasteiger partial charge in [0.15, 0.2) is 0 Å². The van der Waals surface area contributed by atoms with Gasteiger partial charge in [-0.3, -0.25) is 4.98 Å². The summed E-state index contributed by atoms with van der Waals surface area (Å²) in [5.74, 6) is 6.45. The molecule has 1 aromatic heterocycles. The molecule has 1 heterocycles. The average Bonchev–Trinajstić information content (AvgIpc) is 2.26. The third-order valence-corrected chi connectivity index (χ3v) is 2.49. The Bertz CT molecular complexity index is 554. The molecule has 2 rings (SSSR count). The van der Waals surface area contributed by atoms with E-state index < -0.39 is 0 Å². The Morgan fingerprint density at radius 3 is 3.00 bits per heavy atom. The van der Waals surface area contributed by atoms with E-state index in [4.69, 9.17) is 11.6 Å². The molecule has 0 fully saturated rings. The molecule has 2 aromatic rings. The fraction of sp³-hybridized carbons (Fsp3) is 0.0833. The van der Waals surface area contributed by atoms with Gasteiger partial charge in [0.25, 0.3) is 0 Å². The topological polar surface area (TPSA) is 12.9 Å². The van der Waals surface area contributed by atoms with Crippen molar-refractivity contribution in [2.45, 2.75) is 0 Å². The van der Waals surface area contributed by atoms with Crippen molar-refractivity contribution >= 4 is 35.1 Å². The van der Waals surface area contributed by atoms with Gasteiger partial charge in [0.05, 0.1) is 16.3 Å². The standard InChI is InChI=1S/C12H8ClNS/c13-11-5-6-14-12-8-9(2-1-7-15)3-4-10(11)12/h3-6,8,15H,7H2. The van der Waals surface area contributed by atoms with Crippen LogP contribution in [0.5, 0.6) is 0 Å². The summed E-state index contributed by atoms with van der Waals surface area (Å²) in [7, 11) is 0. The maximum absolute atomic E-state index is 6.03. The van der Waals surface area contributed by atoms with Gasteiger partial charge >= 0.3 is 0 Å². The lowest BCUT2D eigenvalue weighted by atomic mass is 10.1. The molecule has 0 amide bonds. The molecule has 1 nitrogen and oxygen atoms in total. The van der Waals surface area contributed by atoms with Crippen LogP contribution in [0.4, 0.5) is 0 Å². The summed E-state index contributed by atoms with van der Waals surface area (Å²) in [5, 5.41) is 1.67. The molecule has 0 saturated carbocycles. The first-order valence-corrected chi connectivity index (χ1v) is 5.46. The fourth-order valence-electron chi connectivity index (χ4n) is 1.33. The number of nitrogens with zero attached hydrogens (tertiary/aromatic N) is 1. The van der Waals surface area contributed by atoms with E-state index in [0.29, 0.717) is 10.8 Å². The number of thiol groups is 1. The van der Waals surface area contributed by atoms with E-state index in [2.05, 4.69) is 29.5 Å². The average molecular weight is 234 g/mol. The van der Waals surface area contributed by atoms with Crippen molar-refractivity contribution in [3.05, 3.63) is 41.0 Å². The van der Waals surface area contributed by atoms with E-state index in [0.717, 1.165) is 16.5 Å². The number of hydrogen-bond donors (Lipinski definition) is 1. The molecular formula is C12H8ClNS. The minimum Gasteiger partial charge on any atom is -0.256 e. The monoisotopic (exact) mass is 233 g/mol. The number of rotatable bonds is 0. The molecule has 0 aliphatic carbocycles. The number of fused-ring (bicyclic) bond motifs is 1. The van der Waals surface area contributed by atoms with Crippen molar-refractivity contribution in [1.29, 1.82) is 0 Å². The Morgan fingerprint density at radius 1 is 1.33 bits per heavy atom. The highest BCUT2D eigenvalue weighted by molar-refractivity contribution is 7.80. The lowest BCUT2D eigenvalue weighted by Crippen LogP contribution is -1.81. The SMILES string of the molecule is SCC#Cc1ccc2c(Cl)ccnc2c1. The molecule has 15 heavy (non-hydrogen) atoms. The number of benzene rings is 1. The lowest BCUT2D eigenvalue weighted by Gasteiger charge is -1.99. The Balaban J connectivity index is 2.57. The van der Waals surface area contributed by atoms with Gasteiger partial charge in [0, 0.05) is 17.1 Å². The Morgan fingerprint density at radius 2 is 2.20 bits per heavy atom. The van der Waals surface area contributed by atoms with Crippen molar-refractivity contribution in [2.75, 3.05) is 5.75 Å². The van der Waals surface area contributed by atoms with E-state index in [9.17, 15) is 0 Å². The highest BCUT2D eigenvalue weighted by Crippen LogP contribution is 2.21. The van der Waals surface area contributed by atoms with Gasteiger partial charge in [-0.1, -0.05) is 29.5 Å². The van der Waals surface area contributed by atoms with Crippen LogP contribution in [0.15, 0.2) is 30.5 Å². The highest BCUT2D eigenvalue weighted by atomic mass is 35.5. The number of halogens is 1. The molecule has 3 heteroatoms. The van der Waals surface area contributed by atoms with Gasteiger partial charge in [-0.05, 0) is 18.2 Å². The number of hydrogen-bond acceptors (Lipinski definition) is 2. The van der Waals surface area contributed by atoms with Crippen LogP contribution in [0, 0.1) is 11.8 Å². The van der Waals surface area contributed by atoms with Gasteiger partial charge < -0.3 is 0 Å². The zero-order valence-corrected chi connectivity index (χ0v) is 9.52. The first kappa shape index (κ1) is 10.4. The first-order chi connectivity index (χ1) is 7.31. The maximum atomic E-state index is 6.03. The van der Waals surface area contributed by atoms with Crippen molar-refractivity contribution in [3.8, 4) is 11.8 Å². The second kappa shape index (κ2) is 4.57. The van der Waals surface area contributed by atoms with E-state index in [1.807, 2.05) is 18.2 Å². The molecule has 0 N–H and O–H groups in total. The second-order valence-corrected chi connectivity index (χ2v) is 3.71. The minimum atomic E-state index is 0.557. The smallest absolute Gasteiger partial charge is 0.0729 e. The van der Waals surface area contributed by atoms with Crippen molar-refractivity contribution in [3.63, 3.8) is 0 Å². The predicted molar refractivity (Wildman–Crippen MR) is 67.5 cm³/mol. The summed E-state index contributed by atoms with van der Waals surface area (Å²) >= 11 is 10.1. The Hall–Kier alpha value is -1.17. The lowest BCUT2D eigenvalue weighted by molar-refractivity contribution is 1.41. The van der Waals surface area contributed by atoms with Gasteiger partial charge in [0.1, 0.15) is 0 Å². The Labute approximate surface area is 98.9 Å². The van der Waals surface area contributed by atoms with E-state index in [1.54, 1.807) is 12.3 Å². The van der Waals surface area contributed by atoms with Gasteiger partial charge in [-0.25, -0.2) is 0 Å². The molecule has 0 aliphatic heterocycles. The van der Waals surface area contributed by atoms with E-state index >= 15 is 0 Å². The molecule has 1 aromatic carbocycles.